The summed E-state index contributed by atoms with van der Waals surface area (Å²) in [4.78, 5) is 0. The van der Waals surface area contributed by atoms with Crippen molar-refractivity contribution >= 4 is 44.9 Å². The van der Waals surface area contributed by atoms with Crippen molar-refractivity contribution in [3.8, 4) is 39.7 Å². The lowest BCUT2D eigenvalue weighted by Gasteiger charge is -2.12. The molecule has 0 fully saturated rings. The van der Waals surface area contributed by atoms with Gasteiger partial charge < -0.3 is 9.13 Å². The number of aromatic nitrogens is 2. The Morgan fingerprint density at radius 2 is 1.09 bits per heavy atom. The van der Waals surface area contributed by atoms with Crippen LogP contribution < -0.4 is 0 Å². The van der Waals surface area contributed by atoms with Crippen LogP contribution in [0.4, 0.5) is 0 Å². The van der Waals surface area contributed by atoms with Crippen molar-refractivity contribution in [1.29, 1.82) is 5.26 Å². The largest absolute Gasteiger partial charge is 0.309 e. The summed E-state index contributed by atoms with van der Waals surface area (Å²) >= 11 is 0. The molecule has 3 nitrogen and oxygen atoms in total. The second-order valence-electron chi connectivity index (χ2n) is 11.4. The molecular formula is C43H29N3. The molecular weight excluding hydrogens is 558 g/mol. The first-order valence-corrected chi connectivity index (χ1v) is 15.3. The van der Waals surface area contributed by atoms with Gasteiger partial charge in [0.15, 0.2) is 0 Å². The quantitative estimate of drug-likeness (QED) is 0.190. The highest BCUT2D eigenvalue weighted by Gasteiger charge is 2.17. The van der Waals surface area contributed by atoms with E-state index in [0.29, 0.717) is 5.56 Å². The standard InChI is InChI=1S/C43H29N3/c1-3-36-38-24-20-33(32-21-25-42-39(26-32)37-12-8-9-13-41(37)46(42)34-10-6-5-7-11-34)27-43(38)45(40(36)4-2)35-22-18-31(19-23-35)30-16-14-29(28-44)15-17-30/h3-27H,1-2H2. The first kappa shape index (κ1) is 27.2. The Hall–Kier alpha value is -6.37. The van der Waals surface area contributed by atoms with E-state index in [4.69, 9.17) is 0 Å². The van der Waals surface area contributed by atoms with Crippen molar-refractivity contribution in [1.82, 2.24) is 9.13 Å². The molecule has 2 aromatic heterocycles. The molecule has 6 aromatic carbocycles. The smallest absolute Gasteiger partial charge is 0.0991 e. The Labute approximate surface area is 267 Å². The van der Waals surface area contributed by atoms with Gasteiger partial charge in [-0.05, 0) is 89.0 Å². The number of para-hydroxylation sites is 2. The van der Waals surface area contributed by atoms with Crippen LogP contribution in [0.15, 0.2) is 153 Å². The zero-order valence-electron chi connectivity index (χ0n) is 25.2. The molecule has 0 amide bonds. The first-order valence-electron chi connectivity index (χ1n) is 15.3. The molecule has 3 heteroatoms. The van der Waals surface area contributed by atoms with E-state index in [0.717, 1.165) is 55.8 Å². The average Bonchev–Trinajstić information content (AvgIpc) is 3.63. The second kappa shape index (κ2) is 11.0. The SMILES string of the molecule is C=Cc1c(C=C)n(-c2ccc(-c3ccc(C#N)cc3)cc2)c2cc(-c3ccc4c(c3)c3ccccc3n4-c3ccccc3)ccc12. The average molecular weight is 588 g/mol. The summed E-state index contributed by atoms with van der Waals surface area (Å²) in [5, 5.41) is 12.8. The van der Waals surface area contributed by atoms with Gasteiger partial charge >= 0.3 is 0 Å². The van der Waals surface area contributed by atoms with Gasteiger partial charge in [0.05, 0.1) is 33.9 Å². The zero-order valence-corrected chi connectivity index (χ0v) is 25.2. The molecule has 0 saturated carbocycles. The van der Waals surface area contributed by atoms with Crippen LogP contribution in [-0.4, -0.2) is 9.13 Å². The normalized spacial score (nSPS) is 11.2. The van der Waals surface area contributed by atoms with Crippen molar-refractivity contribution < 1.29 is 0 Å². The van der Waals surface area contributed by atoms with Crippen LogP contribution in [0.3, 0.4) is 0 Å². The molecule has 8 rings (SSSR count). The van der Waals surface area contributed by atoms with Gasteiger partial charge in [0, 0.05) is 33.1 Å². The van der Waals surface area contributed by atoms with E-state index < -0.39 is 0 Å². The zero-order chi connectivity index (χ0) is 31.2. The van der Waals surface area contributed by atoms with Gasteiger partial charge in [-0.3, -0.25) is 0 Å². The van der Waals surface area contributed by atoms with Crippen LogP contribution >= 0.6 is 0 Å². The van der Waals surface area contributed by atoms with Crippen LogP contribution in [-0.2, 0) is 0 Å². The number of hydrogen-bond donors (Lipinski definition) is 0. The van der Waals surface area contributed by atoms with Crippen molar-refractivity contribution in [2.24, 2.45) is 0 Å². The maximum absolute atomic E-state index is 9.18. The minimum Gasteiger partial charge on any atom is -0.309 e. The van der Waals surface area contributed by atoms with Gasteiger partial charge in [-0.1, -0.05) is 98.1 Å². The number of hydrogen-bond acceptors (Lipinski definition) is 1. The monoisotopic (exact) mass is 587 g/mol. The van der Waals surface area contributed by atoms with Crippen LogP contribution in [0, 0.1) is 11.3 Å². The van der Waals surface area contributed by atoms with Crippen molar-refractivity contribution in [2.75, 3.05) is 0 Å². The summed E-state index contributed by atoms with van der Waals surface area (Å²) in [6.07, 6.45) is 3.83. The number of fused-ring (bicyclic) bond motifs is 4. The molecule has 0 N–H and O–H groups in total. The number of nitrogens with zero attached hydrogens (tertiary/aromatic N) is 3. The molecule has 0 spiro atoms. The fourth-order valence-corrected chi connectivity index (χ4v) is 6.75. The molecule has 8 aromatic rings. The van der Waals surface area contributed by atoms with Gasteiger partial charge in [-0.2, -0.15) is 5.26 Å². The molecule has 0 bridgehead atoms. The third-order valence-corrected chi connectivity index (χ3v) is 8.94. The molecule has 0 radical (unpaired) electrons. The maximum atomic E-state index is 9.18. The Morgan fingerprint density at radius 1 is 0.478 bits per heavy atom. The lowest BCUT2D eigenvalue weighted by Crippen LogP contribution is -1.97. The van der Waals surface area contributed by atoms with Crippen molar-refractivity contribution in [3.05, 3.63) is 170 Å². The third-order valence-electron chi connectivity index (χ3n) is 8.94. The molecule has 0 atom stereocenters. The van der Waals surface area contributed by atoms with Crippen LogP contribution in [0.5, 0.6) is 0 Å². The first-order chi connectivity index (χ1) is 22.7. The molecule has 0 aliphatic carbocycles. The molecule has 0 aliphatic heterocycles. The summed E-state index contributed by atoms with van der Waals surface area (Å²) in [5.41, 5.74) is 12.9. The molecule has 0 unspecified atom stereocenters. The Balaban J connectivity index is 1.28. The van der Waals surface area contributed by atoms with E-state index in [1.54, 1.807) is 0 Å². The summed E-state index contributed by atoms with van der Waals surface area (Å²) in [7, 11) is 0. The van der Waals surface area contributed by atoms with E-state index in [1.165, 1.54) is 21.8 Å². The fourth-order valence-electron chi connectivity index (χ4n) is 6.75. The van der Waals surface area contributed by atoms with Crippen LogP contribution in [0.25, 0.3) is 78.5 Å². The summed E-state index contributed by atoms with van der Waals surface area (Å²) < 4.78 is 4.61. The molecule has 216 valence electrons. The Morgan fingerprint density at radius 3 is 1.80 bits per heavy atom. The highest BCUT2D eigenvalue weighted by molar-refractivity contribution is 6.10. The summed E-state index contributed by atoms with van der Waals surface area (Å²) in [6, 6.07) is 51.1. The minimum atomic E-state index is 0.656. The fraction of sp³-hybridized carbons (Fsp3) is 0. The van der Waals surface area contributed by atoms with E-state index in [-0.39, 0.29) is 0 Å². The van der Waals surface area contributed by atoms with Gasteiger partial charge in [0.1, 0.15) is 0 Å². The van der Waals surface area contributed by atoms with Crippen LogP contribution in [0.2, 0.25) is 0 Å². The minimum absolute atomic E-state index is 0.656. The van der Waals surface area contributed by atoms with Gasteiger partial charge in [-0.15, -0.1) is 0 Å². The molecule has 0 saturated heterocycles. The van der Waals surface area contributed by atoms with Crippen LogP contribution in [0.1, 0.15) is 16.8 Å². The summed E-state index contributed by atoms with van der Waals surface area (Å²) in [6.45, 7) is 8.33. The van der Waals surface area contributed by atoms with Crippen molar-refractivity contribution in [2.45, 2.75) is 0 Å². The number of nitriles is 1. The topological polar surface area (TPSA) is 33.6 Å². The lowest BCUT2D eigenvalue weighted by atomic mass is 10.0. The highest BCUT2D eigenvalue weighted by Crippen LogP contribution is 2.38. The van der Waals surface area contributed by atoms with Gasteiger partial charge in [-0.25, -0.2) is 0 Å². The second-order valence-corrected chi connectivity index (χ2v) is 11.4. The van der Waals surface area contributed by atoms with E-state index in [9.17, 15) is 5.26 Å². The highest BCUT2D eigenvalue weighted by atomic mass is 15.0. The maximum Gasteiger partial charge on any atom is 0.0991 e. The van der Waals surface area contributed by atoms with E-state index in [2.05, 4.69) is 144 Å². The number of benzene rings is 6. The van der Waals surface area contributed by atoms with Gasteiger partial charge in [0.25, 0.3) is 0 Å². The lowest BCUT2D eigenvalue weighted by molar-refractivity contribution is 1.11. The molecule has 46 heavy (non-hydrogen) atoms. The Kier molecular flexibility index (Phi) is 6.48. The van der Waals surface area contributed by atoms with Crippen molar-refractivity contribution in [3.63, 3.8) is 0 Å². The summed E-state index contributed by atoms with van der Waals surface area (Å²) in [5.74, 6) is 0. The predicted octanol–water partition coefficient (Wildman–Crippen LogP) is 11.2. The number of rotatable bonds is 6. The van der Waals surface area contributed by atoms with E-state index >= 15 is 0 Å². The van der Waals surface area contributed by atoms with E-state index in [1.807, 2.05) is 36.4 Å². The Bertz CT molecular complexity index is 2480. The predicted molar refractivity (Wildman–Crippen MR) is 193 cm³/mol. The third kappa shape index (κ3) is 4.28. The van der Waals surface area contributed by atoms with Gasteiger partial charge in [0.2, 0.25) is 0 Å². The molecule has 0 aliphatic rings. The molecule has 2 heterocycles.